The molecule has 1 saturated heterocycles. The Morgan fingerprint density at radius 3 is 2.68 bits per heavy atom. The number of nitrogens with zero attached hydrogens (tertiary/aromatic N) is 2. The zero-order valence-electron chi connectivity index (χ0n) is 13.9. The Morgan fingerprint density at radius 2 is 2.00 bits per heavy atom. The molecule has 1 aliphatic heterocycles. The summed E-state index contributed by atoms with van der Waals surface area (Å²) in [4.78, 5) is 35.2. The fraction of sp³-hybridized carbons (Fsp3) is 0.316. The second-order valence-corrected chi connectivity index (χ2v) is 8.55. The molecule has 2 amide bonds. The summed E-state index contributed by atoms with van der Waals surface area (Å²) in [6, 6.07) is 7.96. The quantitative estimate of drug-likeness (QED) is 0.735. The molecule has 3 aromatic heterocycles. The fourth-order valence-corrected chi connectivity index (χ4v) is 5.22. The van der Waals surface area contributed by atoms with Crippen LogP contribution in [-0.2, 0) is 16.1 Å². The van der Waals surface area contributed by atoms with Gasteiger partial charge >= 0.3 is 0 Å². The number of pyridine rings is 1. The van der Waals surface area contributed by atoms with Crippen LogP contribution in [0.1, 0.15) is 18.7 Å². The van der Waals surface area contributed by atoms with E-state index in [9.17, 15) is 9.59 Å². The Bertz CT molecular complexity index is 995. The maximum Gasteiger partial charge on any atom is 0.234 e. The first kappa shape index (κ1) is 14.8. The van der Waals surface area contributed by atoms with E-state index in [1.54, 1.807) is 17.5 Å². The summed E-state index contributed by atoms with van der Waals surface area (Å²) in [6.07, 6.45) is 3.69. The van der Waals surface area contributed by atoms with Gasteiger partial charge in [0, 0.05) is 28.5 Å². The summed E-state index contributed by atoms with van der Waals surface area (Å²) in [6.45, 7) is 4.36. The highest BCUT2D eigenvalue weighted by Gasteiger charge is 2.72. The Labute approximate surface area is 148 Å². The highest BCUT2D eigenvalue weighted by atomic mass is 32.1. The third-order valence-electron chi connectivity index (χ3n) is 5.56. The van der Waals surface area contributed by atoms with Gasteiger partial charge in [-0.05, 0) is 29.7 Å². The van der Waals surface area contributed by atoms with Gasteiger partial charge in [0.25, 0.3) is 0 Å². The van der Waals surface area contributed by atoms with Crippen molar-refractivity contribution < 1.29 is 9.59 Å². The van der Waals surface area contributed by atoms with E-state index < -0.39 is 0 Å². The van der Waals surface area contributed by atoms with Crippen LogP contribution in [0.15, 0.2) is 36.7 Å². The van der Waals surface area contributed by atoms with E-state index in [0.717, 1.165) is 26.4 Å². The normalized spacial score (nSPS) is 24.2. The number of aromatic amines is 1. The lowest BCUT2D eigenvalue weighted by molar-refractivity contribution is -0.143. The lowest BCUT2D eigenvalue weighted by Crippen LogP contribution is -2.35. The van der Waals surface area contributed by atoms with Crippen LogP contribution in [0.4, 0.5) is 0 Å². The van der Waals surface area contributed by atoms with Crippen molar-refractivity contribution in [3.8, 4) is 11.3 Å². The molecule has 0 bridgehead atoms. The molecule has 4 heterocycles. The third-order valence-corrected chi connectivity index (χ3v) is 6.70. The molecular weight excluding hydrogens is 334 g/mol. The predicted octanol–water partition coefficient (Wildman–Crippen LogP) is 3.43. The van der Waals surface area contributed by atoms with E-state index in [0.29, 0.717) is 6.54 Å². The van der Waals surface area contributed by atoms with Gasteiger partial charge in [0.1, 0.15) is 0 Å². The van der Waals surface area contributed by atoms with E-state index in [2.05, 4.69) is 9.97 Å². The number of rotatable bonds is 3. The molecule has 0 spiro atoms. The Kier molecular flexibility index (Phi) is 2.84. The van der Waals surface area contributed by atoms with Gasteiger partial charge in [0.05, 0.1) is 28.6 Å². The molecule has 5 nitrogen and oxygen atoms in total. The molecule has 1 aliphatic carbocycles. The molecule has 2 fully saturated rings. The summed E-state index contributed by atoms with van der Waals surface area (Å²) in [7, 11) is 0. The van der Waals surface area contributed by atoms with Gasteiger partial charge in [-0.1, -0.05) is 13.8 Å². The number of thiophene rings is 1. The van der Waals surface area contributed by atoms with Crippen molar-refractivity contribution in [1.29, 1.82) is 0 Å². The standard InChI is InChI=1S/C19H17N3O2S/c1-19(2)14-15(19)18(24)22(17(14)23)9-10-8-13-16(25-10)11(5-7-21-13)12-4-3-6-20-12/h3-8,14-15,20H,9H2,1-2H3. The summed E-state index contributed by atoms with van der Waals surface area (Å²) in [5, 5.41) is 0. The highest BCUT2D eigenvalue weighted by molar-refractivity contribution is 7.19. The van der Waals surface area contributed by atoms with Crippen LogP contribution in [-0.4, -0.2) is 26.7 Å². The molecule has 1 N–H and O–H groups in total. The van der Waals surface area contributed by atoms with Gasteiger partial charge in [-0.25, -0.2) is 0 Å². The number of carbonyl (C=O) groups excluding carboxylic acids is 2. The average molecular weight is 351 g/mol. The molecule has 5 rings (SSSR count). The number of H-pyrrole nitrogens is 1. The molecular formula is C19H17N3O2S. The Morgan fingerprint density at radius 1 is 1.24 bits per heavy atom. The van der Waals surface area contributed by atoms with E-state index in [1.165, 1.54) is 4.90 Å². The lowest BCUT2D eigenvalue weighted by Gasteiger charge is -2.19. The molecule has 2 unspecified atom stereocenters. The molecule has 126 valence electrons. The molecule has 2 atom stereocenters. The van der Waals surface area contributed by atoms with Gasteiger partial charge in [-0.3, -0.25) is 19.5 Å². The highest BCUT2D eigenvalue weighted by Crippen LogP contribution is 2.63. The number of fused-ring (bicyclic) bond motifs is 2. The van der Waals surface area contributed by atoms with Gasteiger partial charge in [0.2, 0.25) is 11.8 Å². The van der Waals surface area contributed by atoms with E-state index in [4.69, 9.17) is 0 Å². The van der Waals surface area contributed by atoms with Gasteiger partial charge in [0.15, 0.2) is 0 Å². The van der Waals surface area contributed by atoms with Crippen LogP contribution in [0.25, 0.3) is 21.5 Å². The Hall–Kier alpha value is -2.47. The third kappa shape index (κ3) is 1.97. The number of imide groups is 1. The van der Waals surface area contributed by atoms with Crippen LogP contribution >= 0.6 is 11.3 Å². The zero-order valence-corrected chi connectivity index (χ0v) is 14.8. The van der Waals surface area contributed by atoms with E-state index in [1.807, 2.05) is 44.3 Å². The van der Waals surface area contributed by atoms with Crippen LogP contribution in [0, 0.1) is 17.3 Å². The minimum atomic E-state index is -0.160. The number of piperidine rings is 1. The van der Waals surface area contributed by atoms with Crippen molar-refractivity contribution in [2.24, 2.45) is 17.3 Å². The van der Waals surface area contributed by atoms with Gasteiger partial charge < -0.3 is 4.98 Å². The van der Waals surface area contributed by atoms with Crippen LogP contribution < -0.4 is 0 Å². The summed E-state index contributed by atoms with van der Waals surface area (Å²) < 4.78 is 1.07. The number of hydrogen-bond acceptors (Lipinski definition) is 4. The molecule has 25 heavy (non-hydrogen) atoms. The molecule has 0 radical (unpaired) electrons. The number of amides is 2. The number of nitrogens with one attached hydrogen (secondary N) is 1. The van der Waals surface area contributed by atoms with Crippen molar-refractivity contribution >= 4 is 33.4 Å². The monoisotopic (exact) mass is 351 g/mol. The van der Waals surface area contributed by atoms with Gasteiger partial charge in [-0.15, -0.1) is 11.3 Å². The van der Waals surface area contributed by atoms with Crippen molar-refractivity contribution in [3.05, 3.63) is 41.5 Å². The van der Waals surface area contributed by atoms with Crippen molar-refractivity contribution in [3.63, 3.8) is 0 Å². The molecule has 3 aromatic rings. The van der Waals surface area contributed by atoms with Crippen LogP contribution in [0.3, 0.4) is 0 Å². The first-order chi connectivity index (χ1) is 12.0. The summed E-state index contributed by atoms with van der Waals surface area (Å²) >= 11 is 1.60. The molecule has 6 heteroatoms. The first-order valence-electron chi connectivity index (χ1n) is 8.35. The molecule has 2 aliphatic rings. The first-order valence-corrected chi connectivity index (χ1v) is 9.16. The SMILES string of the molecule is CC1(C)C2C(=O)N(Cc3cc4nccc(-c5ccc[nH]5)c4s3)C(=O)C21. The largest absolute Gasteiger partial charge is 0.361 e. The maximum atomic E-state index is 12.5. The number of hydrogen-bond donors (Lipinski definition) is 1. The second-order valence-electron chi connectivity index (χ2n) is 7.41. The maximum absolute atomic E-state index is 12.5. The summed E-state index contributed by atoms with van der Waals surface area (Å²) in [5.41, 5.74) is 2.87. The summed E-state index contributed by atoms with van der Waals surface area (Å²) in [5.74, 6) is -0.283. The predicted molar refractivity (Wildman–Crippen MR) is 95.7 cm³/mol. The van der Waals surface area contributed by atoms with E-state index in [-0.39, 0.29) is 29.1 Å². The van der Waals surface area contributed by atoms with Crippen molar-refractivity contribution in [2.75, 3.05) is 0 Å². The van der Waals surface area contributed by atoms with Crippen molar-refractivity contribution in [1.82, 2.24) is 14.9 Å². The number of aromatic nitrogens is 2. The minimum absolute atomic E-state index is 0.0185. The lowest BCUT2D eigenvalue weighted by atomic mass is 10.1. The van der Waals surface area contributed by atoms with E-state index >= 15 is 0 Å². The fourth-order valence-electron chi connectivity index (χ4n) is 4.09. The second kappa shape index (κ2) is 4.79. The average Bonchev–Trinajstić information content (AvgIpc) is 3.06. The van der Waals surface area contributed by atoms with Crippen LogP contribution in [0.2, 0.25) is 0 Å². The molecule has 0 aromatic carbocycles. The Balaban J connectivity index is 1.48. The number of likely N-dealkylation sites (tertiary alicyclic amines) is 1. The molecule has 1 saturated carbocycles. The minimum Gasteiger partial charge on any atom is -0.361 e. The smallest absolute Gasteiger partial charge is 0.234 e. The van der Waals surface area contributed by atoms with Crippen molar-refractivity contribution in [2.45, 2.75) is 20.4 Å². The topological polar surface area (TPSA) is 66.1 Å². The zero-order chi connectivity index (χ0) is 17.3. The number of carbonyl (C=O) groups is 2. The van der Waals surface area contributed by atoms with Crippen LogP contribution in [0.5, 0.6) is 0 Å². The van der Waals surface area contributed by atoms with Gasteiger partial charge in [-0.2, -0.15) is 0 Å².